The number of hydrogen-bond donors (Lipinski definition) is 1. The van der Waals surface area contributed by atoms with Gasteiger partial charge in [-0.2, -0.15) is 0 Å². The van der Waals surface area contributed by atoms with E-state index in [1.807, 2.05) is 12.1 Å². The summed E-state index contributed by atoms with van der Waals surface area (Å²) in [4.78, 5) is 12.7. The molecule has 2 aliphatic rings. The van der Waals surface area contributed by atoms with Gasteiger partial charge < -0.3 is 10.1 Å². The molecule has 0 spiro atoms. The van der Waals surface area contributed by atoms with E-state index >= 15 is 0 Å². The van der Waals surface area contributed by atoms with Crippen molar-refractivity contribution in [1.82, 2.24) is 5.32 Å². The molecule has 0 bridgehead atoms. The van der Waals surface area contributed by atoms with E-state index in [2.05, 4.69) is 25.2 Å². The first-order chi connectivity index (χ1) is 10.6. The number of benzene rings is 1. The first kappa shape index (κ1) is 15.5. The molecule has 1 fully saturated rings. The van der Waals surface area contributed by atoms with Gasteiger partial charge in [-0.05, 0) is 82.7 Å². The van der Waals surface area contributed by atoms with Gasteiger partial charge in [0.1, 0.15) is 5.60 Å². The number of piperidine rings is 1. The summed E-state index contributed by atoms with van der Waals surface area (Å²) in [6.07, 6.45) is 6.66. The molecule has 1 N–H and O–H groups in total. The molecule has 1 aromatic rings. The van der Waals surface area contributed by atoms with Crippen molar-refractivity contribution in [1.29, 1.82) is 0 Å². The van der Waals surface area contributed by atoms with Gasteiger partial charge in [0.2, 0.25) is 0 Å². The van der Waals surface area contributed by atoms with Crippen molar-refractivity contribution in [2.45, 2.75) is 58.0 Å². The second-order valence-corrected chi connectivity index (χ2v) is 7.17. The summed E-state index contributed by atoms with van der Waals surface area (Å²) in [5.41, 5.74) is 2.95. The monoisotopic (exact) mass is 301 g/mol. The van der Waals surface area contributed by atoms with Crippen LogP contribution in [0.15, 0.2) is 18.2 Å². The van der Waals surface area contributed by atoms with Crippen LogP contribution in [0.3, 0.4) is 0 Å². The van der Waals surface area contributed by atoms with Gasteiger partial charge in [0.05, 0.1) is 5.56 Å². The Balaban J connectivity index is 1.76. The van der Waals surface area contributed by atoms with Gasteiger partial charge in [0, 0.05) is 5.92 Å². The normalized spacial score (nSPS) is 19.5. The molecule has 22 heavy (non-hydrogen) atoms. The minimum Gasteiger partial charge on any atom is -0.456 e. The number of esters is 1. The Morgan fingerprint density at radius 1 is 1.18 bits per heavy atom. The highest BCUT2D eigenvalue weighted by Gasteiger charge is 2.35. The molecule has 0 amide bonds. The quantitative estimate of drug-likeness (QED) is 0.868. The number of hydrogen-bond acceptors (Lipinski definition) is 3. The van der Waals surface area contributed by atoms with E-state index in [0.29, 0.717) is 5.92 Å². The van der Waals surface area contributed by atoms with Crippen molar-refractivity contribution in [3.63, 3.8) is 0 Å². The third-order valence-electron chi connectivity index (χ3n) is 5.29. The Morgan fingerprint density at radius 2 is 1.91 bits per heavy atom. The van der Waals surface area contributed by atoms with E-state index in [0.717, 1.165) is 44.3 Å². The third kappa shape index (κ3) is 3.19. The average molecular weight is 301 g/mol. The molecule has 3 nitrogen and oxygen atoms in total. The van der Waals surface area contributed by atoms with Crippen LogP contribution in [0.25, 0.3) is 0 Å². The molecule has 0 atom stereocenters. The van der Waals surface area contributed by atoms with Crippen LogP contribution in [0.4, 0.5) is 0 Å². The second-order valence-electron chi connectivity index (χ2n) is 7.17. The Bertz CT molecular complexity index is 544. The van der Waals surface area contributed by atoms with Gasteiger partial charge in [0.15, 0.2) is 0 Å². The highest BCUT2D eigenvalue weighted by Crippen LogP contribution is 2.31. The highest BCUT2D eigenvalue weighted by molar-refractivity contribution is 5.91. The maximum absolute atomic E-state index is 12.7. The lowest BCUT2D eigenvalue weighted by Gasteiger charge is -2.37. The predicted octanol–water partition coefficient (Wildman–Crippen LogP) is 3.50. The van der Waals surface area contributed by atoms with E-state index in [4.69, 9.17) is 4.74 Å². The van der Waals surface area contributed by atoms with Gasteiger partial charge in [-0.25, -0.2) is 4.79 Å². The van der Waals surface area contributed by atoms with Crippen LogP contribution in [0.1, 0.15) is 61.0 Å². The molecular formula is C19H27NO2. The van der Waals surface area contributed by atoms with Crippen molar-refractivity contribution < 1.29 is 9.53 Å². The van der Waals surface area contributed by atoms with Crippen LogP contribution in [-0.2, 0) is 17.6 Å². The Morgan fingerprint density at radius 3 is 2.68 bits per heavy atom. The molecule has 0 unspecified atom stereocenters. The van der Waals surface area contributed by atoms with Gasteiger partial charge in [-0.1, -0.05) is 12.1 Å². The Kier molecular flexibility index (Phi) is 4.53. The molecule has 3 heteroatoms. The number of fused-ring (bicyclic) bond motifs is 1. The maximum atomic E-state index is 12.7. The average Bonchev–Trinajstić information content (AvgIpc) is 2.54. The Hall–Kier alpha value is -1.35. The van der Waals surface area contributed by atoms with Crippen molar-refractivity contribution in [3.8, 4) is 0 Å². The number of carbonyl (C=O) groups is 1. The van der Waals surface area contributed by atoms with E-state index in [-0.39, 0.29) is 5.97 Å². The van der Waals surface area contributed by atoms with Crippen LogP contribution in [0.2, 0.25) is 0 Å². The molecule has 0 saturated carbocycles. The summed E-state index contributed by atoms with van der Waals surface area (Å²) < 4.78 is 5.96. The molecule has 120 valence electrons. The van der Waals surface area contributed by atoms with Crippen LogP contribution in [0.5, 0.6) is 0 Å². The van der Waals surface area contributed by atoms with Crippen LogP contribution >= 0.6 is 0 Å². The summed E-state index contributed by atoms with van der Waals surface area (Å²) in [6, 6.07) is 6.09. The number of rotatable bonds is 3. The summed E-state index contributed by atoms with van der Waals surface area (Å²) in [7, 11) is 0. The van der Waals surface area contributed by atoms with Gasteiger partial charge >= 0.3 is 5.97 Å². The van der Waals surface area contributed by atoms with Crippen LogP contribution < -0.4 is 5.32 Å². The SMILES string of the molecule is CC(C)(OC(=O)c1cccc2c1CCCC2)C1CCNCC1. The third-order valence-corrected chi connectivity index (χ3v) is 5.29. The first-order valence-corrected chi connectivity index (χ1v) is 8.63. The summed E-state index contributed by atoms with van der Waals surface area (Å²) in [5, 5.41) is 3.37. The fraction of sp³-hybridized carbons (Fsp3) is 0.632. The zero-order chi connectivity index (χ0) is 15.6. The standard InChI is InChI=1S/C19H27NO2/c1-19(2,15-10-12-20-13-11-15)22-18(21)17-9-5-7-14-6-3-4-8-16(14)17/h5,7,9,15,20H,3-4,6,8,10-13H2,1-2H3. The van der Waals surface area contributed by atoms with Crippen LogP contribution in [0, 0.1) is 5.92 Å². The summed E-state index contributed by atoms with van der Waals surface area (Å²) >= 11 is 0. The topological polar surface area (TPSA) is 38.3 Å². The van der Waals surface area contributed by atoms with Gasteiger partial charge in [-0.3, -0.25) is 0 Å². The lowest BCUT2D eigenvalue weighted by atomic mass is 9.83. The molecule has 1 aliphatic carbocycles. The molecule has 1 heterocycles. The van der Waals surface area contributed by atoms with Gasteiger partial charge in [0.25, 0.3) is 0 Å². The minimum atomic E-state index is -0.392. The van der Waals surface area contributed by atoms with E-state index in [9.17, 15) is 4.79 Å². The zero-order valence-electron chi connectivity index (χ0n) is 13.8. The number of ether oxygens (including phenoxy) is 1. The number of nitrogens with one attached hydrogen (secondary N) is 1. The minimum absolute atomic E-state index is 0.137. The number of aryl methyl sites for hydroxylation is 1. The highest BCUT2D eigenvalue weighted by atomic mass is 16.6. The summed E-state index contributed by atoms with van der Waals surface area (Å²) in [6.45, 7) is 6.17. The molecule has 1 aliphatic heterocycles. The fourth-order valence-corrected chi connectivity index (χ4v) is 3.87. The fourth-order valence-electron chi connectivity index (χ4n) is 3.87. The van der Waals surface area contributed by atoms with E-state index in [1.54, 1.807) is 0 Å². The summed E-state index contributed by atoms with van der Waals surface area (Å²) in [5.74, 6) is 0.305. The molecule has 1 aromatic carbocycles. The molecule has 1 saturated heterocycles. The lowest BCUT2D eigenvalue weighted by Crippen LogP contribution is -2.43. The molecule has 0 aromatic heterocycles. The maximum Gasteiger partial charge on any atom is 0.338 e. The van der Waals surface area contributed by atoms with Crippen molar-refractivity contribution in [2.75, 3.05) is 13.1 Å². The lowest BCUT2D eigenvalue weighted by molar-refractivity contribution is -0.0369. The van der Waals surface area contributed by atoms with Gasteiger partial charge in [-0.15, -0.1) is 0 Å². The molecular weight excluding hydrogens is 274 g/mol. The largest absolute Gasteiger partial charge is 0.456 e. The molecule has 3 rings (SSSR count). The molecule has 0 radical (unpaired) electrons. The smallest absolute Gasteiger partial charge is 0.338 e. The van der Waals surface area contributed by atoms with E-state index < -0.39 is 5.60 Å². The van der Waals surface area contributed by atoms with Crippen molar-refractivity contribution >= 4 is 5.97 Å². The Labute approximate surface area is 133 Å². The zero-order valence-corrected chi connectivity index (χ0v) is 13.8. The first-order valence-electron chi connectivity index (χ1n) is 8.63. The predicted molar refractivity (Wildman–Crippen MR) is 88.2 cm³/mol. The second kappa shape index (κ2) is 6.41. The van der Waals surface area contributed by atoms with Crippen molar-refractivity contribution in [2.24, 2.45) is 5.92 Å². The van der Waals surface area contributed by atoms with E-state index in [1.165, 1.54) is 24.0 Å². The van der Waals surface area contributed by atoms with Crippen molar-refractivity contribution in [3.05, 3.63) is 34.9 Å². The number of carbonyl (C=O) groups excluding carboxylic acids is 1. The van der Waals surface area contributed by atoms with Crippen LogP contribution in [-0.4, -0.2) is 24.7 Å².